The molecule has 3 nitrogen and oxygen atoms in total. The van der Waals surface area contributed by atoms with Crippen LogP contribution in [0.1, 0.15) is 12.8 Å². The molecule has 1 aliphatic carbocycles. The SMILES string of the molecule is NC(=O)C12COC(C1)C2. The van der Waals surface area contributed by atoms with E-state index >= 15 is 0 Å². The van der Waals surface area contributed by atoms with Crippen LogP contribution in [0.2, 0.25) is 0 Å². The molecule has 2 saturated heterocycles. The van der Waals surface area contributed by atoms with Gasteiger partial charge < -0.3 is 10.5 Å². The molecule has 0 atom stereocenters. The molecular weight excluding hydrogens is 118 g/mol. The molecule has 0 spiro atoms. The molecule has 0 aromatic rings. The first-order valence-corrected chi connectivity index (χ1v) is 3.14. The van der Waals surface area contributed by atoms with Crippen LogP contribution in [0, 0.1) is 5.41 Å². The van der Waals surface area contributed by atoms with E-state index in [9.17, 15) is 4.79 Å². The molecule has 3 aliphatic rings. The number of ether oxygens (including phenoxy) is 1. The predicted molar refractivity (Wildman–Crippen MR) is 30.6 cm³/mol. The quantitative estimate of drug-likeness (QED) is 0.523. The molecule has 0 aromatic carbocycles. The molecule has 0 aromatic heterocycles. The van der Waals surface area contributed by atoms with Crippen molar-refractivity contribution in [2.45, 2.75) is 18.9 Å². The summed E-state index contributed by atoms with van der Waals surface area (Å²) >= 11 is 0. The Kier molecular flexibility index (Phi) is 0.750. The van der Waals surface area contributed by atoms with Gasteiger partial charge in [0.2, 0.25) is 5.91 Å². The lowest BCUT2D eigenvalue weighted by Gasteiger charge is -2.31. The summed E-state index contributed by atoms with van der Waals surface area (Å²) in [5.41, 5.74) is 4.91. The van der Waals surface area contributed by atoms with Gasteiger partial charge >= 0.3 is 0 Å². The van der Waals surface area contributed by atoms with E-state index in [1.54, 1.807) is 0 Å². The molecule has 1 saturated carbocycles. The minimum absolute atomic E-state index is 0.184. The first kappa shape index (κ1) is 5.23. The van der Waals surface area contributed by atoms with Crippen molar-refractivity contribution in [3.05, 3.63) is 0 Å². The van der Waals surface area contributed by atoms with E-state index < -0.39 is 0 Å². The predicted octanol–water partition coefficient (Wildman–Crippen LogP) is -0.349. The number of rotatable bonds is 1. The Morgan fingerprint density at radius 2 is 2.33 bits per heavy atom. The summed E-state index contributed by atoms with van der Waals surface area (Å²) in [4.78, 5) is 10.7. The molecule has 1 amide bonds. The average Bonchev–Trinajstić information content (AvgIpc) is 2.13. The third kappa shape index (κ3) is 0.477. The average molecular weight is 127 g/mol. The summed E-state index contributed by atoms with van der Waals surface area (Å²) in [6.45, 7) is 0.562. The molecular formula is C6H9NO2. The highest BCUT2D eigenvalue weighted by Crippen LogP contribution is 2.49. The largest absolute Gasteiger partial charge is 0.377 e. The molecule has 2 N–H and O–H groups in total. The highest BCUT2D eigenvalue weighted by Gasteiger charge is 2.55. The van der Waals surface area contributed by atoms with Gasteiger partial charge in [-0.1, -0.05) is 0 Å². The highest BCUT2D eigenvalue weighted by atomic mass is 16.5. The van der Waals surface area contributed by atoms with Gasteiger partial charge in [-0.25, -0.2) is 0 Å². The Balaban J connectivity index is 2.19. The van der Waals surface area contributed by atoms with E-state index in [1.807, 2.05) is 0 Å². The van der Waals surface area contributed by atoms with Crippen LogP contribution in [0.4, 0.5) is 0 Å². The molecule has 50 valence electrons. The molecule has 2 heterocycles. The van der Waals surface area contributed by atoms with Gasteiger partial charge in [0.15, 0.2) is 0 Å². The van der Waals surface area contributed by atoms with Gasteiger partial charge in [-0.3, -0.25) is 4.79 Å². The molecule has 3 rings (SSSR count). The molecule has 3 heteroatoms. The van der Waals surface area contributed by atoms with E-state index in [-0.39, 0.29) is 11.3 Å². The Hall–Kier alpha value is -0.570. The van der Waals surface area contributed by atoms with E-state index in [0.29, 0.717) is 12.7 Å². The second-order valence-corrected chi connectivity index (χ2v) is 2.99. The van der Waals surface area contributed by atoms with Crippen molar-refractivity contribution in [1.29, 1.82) is 0 Å². The minimum Gasteiger partial charge on any atom is -0.377 e. The van der Waals surface area contributed by atoms with Gasteiger partial charge in [-0.05, 0) is 12.8 Å². The summed E-state index contributed by atoms with van der Waals surface area (Å²) < 4.78 is 5.19. The number of hydrogen-bond donors (Lipinski definition) is 1. The van der Waals surface area contributed by atoms with Crippen LogP contribution in [-0.2, 0) is 9.53 Å². The molecule has 0 unspecified atom stereocenters. The van der Waals surface area contributed by atoms with Gasteiger partial charge in [0.25, 0.3) is 0 Å². The first-order valence-electron chi connectivity index (χ1n) is 3.14. The van der Waals surface area contributed by atoms with Crippen molar-refractivity contribution in [3.8, 4) is 0 Å². The number of carbonyl (C=O) groups is 1. The lowest BCUT2D eigenvalue weighted by atomic mass is 9.70. The van der Waals surface area contributed by atoms with Crippen molar-refractivity contribution < 1.29 is 9.53 Å². The Labute approximate surface area is 53.2 Å². The van der Waals surface area contributed by atoms with Gasteiger partial charge in [-0.15, -0.1) is 0 Å². The van der Waals surface area contributed by atoms with Crippen LogP contribution in [-0.4, -0.2) is 18.6 Å². The monoisotopic (exact) mass is 127 g/mol. The fourth-order valence-electron chi connectivity index (χ4n) is 1.60. The summed E-state index contributed by atoms with van der Waals surface area (Å²) in [5, 5.41) is 0. The molecule has 3 fully saturated rings. The second-order valence-electron chi connectivity index (χ2n) is 2.99. The van der Waals surface area contributed by atoms with Crippen LogP contribution >= 0.6 is 0 Å². The molecule has 2 aliphatic heterocycles. The zero-order chi connectivity index (χ0) is 6.48. The Morgan fingerprint density at radius 3 is 2.56 bits per heavy atom. The number of amides is 1. The van der Waals surface area contributed by atoms with E-state index in [2.05, 4.69) is 0 Å². The van der Waals surface area contributed by atoms with Crippen molar-refractivity contribution in [2.24, 2.45) is 11.1 Å². The van der Waals surface area contributed by atoms with Crippen molar-refractivity contribution in [2.75, 3.05) is 6.61 Å². The third-order valence-corrected chi connectivity index (χ3v) is 2.35. The van der Waals surface area contributed by atoms with E-state index in [0.717, 1.165) is 12.8 Å². The fraction of sp³-hybridized carbons (Fsp3) is 0.833. The zero-order valence-electron chi connectivity index (χ0n) is 5.09. The smallest absolute Gasteiger partial charge is 0.226 e. The normalized spacial score (nSPS) is 46.4. The van der Waals surface area contributed by atoms with Gasteiger partial charge in [0.05, 0.1) is 18.1 Å². The van der Waals surface area contributed by atoms with Crippen molar-refractivity contribution in [3.63, 3.8) is 0 Å². The summed E-state index contributed by atoms with van der Waals surface area (Å²) in [5.74, 6) is -0.184. The van der Waals surface area contributed by atoms with Gasteiger partial charge in [-0.2, -0.15) is 0 Å². The number of carbonyl (C=O) groups excluding carboxylic acids is 1. The van der Waals surface area contributed by atoms with Crippen LogP contribution in [0.25, 0.3) is 0 Å². The molecule has 9 heavy (non-hydrogen) atoms. The third-order valence-electron chi connectivity index (χ3n) is 2.35. The van der Waals surface area contributed by atoms with Crippen molar-refractivity contribution >= 4 is 5.91 Å². The lowest BCUT2D eigenvalue weighted by molar-refractivity contribution is -0.129. The Morgan fingerprint density at radius 1 is 1.67 bits per heavy atom. The van der Waals surface area contributed by atoms with Gasteiger partial charge in [0, 0.05) is 0 Å². The Bertz CT molecular complexity index is 155. The highest BCUT2D eigenvalue weighted by molar-refractivity contribution is 5.82. The second kappa shape index (κ2) is 1.29. The maximum Gasteiger partial charge on any atom is 0.226 e. The van der Waals surface area contributed by atoms with Gasteiger partial charge in [0.1, 0.15) is 0 Å². The number of hydrogen-bond acceptors (Lipinski definition) is 2. The van der Waals surface area contributed by atoms with Crippen LogP contribution in [0.15, 0.2) is 0 Å². The minimum atomic E-state index is -0.245. The topological polar surface area (TPSA) is 52.3 Å². The molecule has 2 bridgehead atoms. The number of nitrogens with two attached hydrogens (primary N) is 1. The maximum absolute atomic E-state index is 10.7. The summed E-state index contributed by atoms with van der Waals surface area (Å²) in [6, 6.07) is 0. The first-order chi connectivity index (χ1) is 4.23. The zero-order valence-corrected chi connectivity index (χ0v) is 5.09. The number of fused-ring (bicyclic) bond motifs is 1. The number of primary amides is 1. The summed E-state index contributed by atoms with van der Waals surface area (Å²) in [7, 11) is 0. The maximum atomic E-state index is 10.7. The van der Waals surface area contributed by atoms with E-state index in [1.165, 1.54) is 0 Å². The van der Waals surface area contributed by atoms with Crippen LogP contribution in [0.3, 0.4) is 0 Å². The lowest BCUT2D eigenvalue weighted by Crippen LogP contribution is -2.44. The molecule has 0 radical (unpaired) electrons. The van der Waals surface area contributed by atoms with Crippen LogP contribution < -0.4 is 5.73 Å². The van der Waals surface area contributed by atoms with Crippen molar-refractivity contribution in [1.82, 2.24) is 0 Å². The van der Waals surface area contributed by atoms with Crippen LogP contribution in [0.5, 0.6) is 0 Å². The summed E-state index contributed by atoms with van der Waals surface area (Å²) in [6.07, 6.45) is 2.07. The fourth-order valence-corrected chi connectivity index (χ4v) is 1.60. The standard InChI is InChI=1S/C6H9NO2/c7-5(8)6-1-4(2-6)9-3-6/h4H,1-3H2,(H2,7,8). The van der Waals surface area contributed by atoms with E-state index in [4.69, 9.17) is 10.5 Å².